The van der Waals surface area contributed by atoms with Crippen LogP contribution in [0, 0.1) is 11.8 Å². The van der Waals surface area contributed by atoms with Gasteiger partial charge in [-0.25, -0.2) is 4.79 Å². The summed E-state index contributed by atoms with van der Waals surface area (Å²) in [5.74, 6) is 1.55. The summed E-state index contributed by atoms with van der Waals surface area (Å²) in [6.07, 6.45) is 10.3. The summed E-state index contributed by atoms with van der Waals surface area (Å²) in [5.41, 5.74) is 3.91. The fourth-order valence-electron chi connectivity index (χ4n) is 7.67. The molecule has 5 heteroatoms. The molecule has 36 heavy (non-hydrogen) atoms. The highest BCUT2D eigenvalue weighted by Gasteiger charge is 2.46. The van der Waals surface area contributed by atoms with Crippen molar-refractivity contribution < 1.29 is 9.52 Å². The Morgan fingerprint density at radius 1 is 1.03 bits per heavy atom. The van der Waals surface area contributed by atoms with Crippen LogP contribution in [-0.2, 0) is 6.54 Å². The van der Waals surface area contributed by atoms with Gasteiger partial charge in [-0.2, -0.15) is 0 Å². The van der Waals surface area contributed by atoms with Gasteiger partial charge in [-0.15, -0.1) is 0 Å². The lowest BCUT2D eigenvalue weighted by Gasteiger charge is -2.54. The molecule has 4 aliphatic rings. The molecule has 2 bridgehead atoms. The number of piperidine rings is 3. The number of phenols is 1. The van der Waals surface area contributed by atoms with Crippen LogP contribution < -0.4 is 5.63 Å². The zero-order valence-electron chi connectivity index (χ0n) is 20.7. The zero-order chi connectivity index (χ0) is 24.2. The van der Waals surface area contributed by atoms with Gasteiger partial charge in [-0.05, 0) is 80.8 Å². The number of likely N-dealkylation sites (tertiary alicyclic amines) is 1. The number of hydrogen-bond donors (Lipinski definition) is 1. The zero-order valence-corrected chi connectivity index (χ0v) is 20.7. The predicted octanol–water partition coefficient (Wildman–Crippen LogP) is 5.56. The number of nitrogens with zero attached hydrogens (tertiary/aromatic N) is 2. The van der Waals surface area contributed by atoms with Crippen molar-refractivity contribution in [2.45, 2.75) is 57.2 Å². The second-order valence-corrected chi connectivity index (χ2v) is 11.3. The fourth-order valence-corrected chi connectivity index (χ4v) is 7.67. The Morgan fingerprint density at radius 3 is 2.81 bits per heavy atom. The van der Waals surface area contributed by atoms with Crippen LogP contribution in [0.15, 0.2) is 69.4 Å². The fraction of sp³-hybridized carbons (Fsp3) is 0.452. The summed E-state index contributed by atoms with van der Waals surface area (Å²) in [6, 6.07) is 16.3. The lowest BCUT2D eigenvalue weighted by Crippen LogP contribution is -2.59. The lowest BCUT2D eigenvalue weighted by molar-refractivity contribution is -0.00274. The normalized spacial score (nSPS) is 28.4. The van der Waals surface area contributed by atoms with Gasteiger partial charge in [0.25, 0.3) is 0 Å². The first-order chi connectivity index (χ1) is 17.7. The first-order valence-corrected chi connectivity index (χ1v) is 13.7. The van der Waals surface area contributed by atoms with E-state index in [1.807, 2.05) is 42.5 Å². The van der Waals surface area contributed by atoms with Gasteiger partial charge in [-0.3, -0.25) is 9.80 Å². The maximum atomic E-state index is 13.0. The van der Waals surface area contributed by atoms with Crippen LogP contribution in [0.1, 0.15) is 44.1 Å². The molecule has 4 atom stereocenters. The maximum absolute atomic E-state index is 13.0. The molecule has 0 radical (unpaired) electrons. The molecular weight excluding hydrogens is 448 g/mol. The monoisotopic (exact) mass is 482 g/mol. The Labute approximate surface area is 212 Å². The molecule has 3 aliphatic heterocycles. The molecule has 3 fully saturated rings. The van der Waals surface area contributed by atoms with E-state index in [0.717, 1.165) is 35.5 Å². The Hall–Kier alpha value is -2.89. The number of aromatic hydroxyl groups is 1. The van der Waals surface area contributed by atoms with E-state index >= 15 is 0 Å². The Kier molecular flexibility index (Phi) is 5.51. The van der Waals surface area contributed by atoms with Crippen LogP contribution in [-0.4, -0.2) is 46.6 Å². The molecule has 5 nitrogen and oxygen atoms in total. The van der Waals surface area contributed by atoms with E-state index in [4.69, 9.17) is 4.42 Å². The highest BCUT2D eigenvalue weighted by atomic mass is 16.4. The maximum Gasteiger partial charge on any atom is 0.344 e. The summed E-state index contributed by atoms with van der Waals surface area (Å²) in [6.45, 7) is 4.04. The minimum atomic E-state index is -0.358. The van der Waals surface area contributed by atoms with Gasteiger partial charge in [0, 0.05) is 30.6 Å². The van der Waals surface area contributed by atoms with Crippen molar-refractivity contribution in [3.63, 3.8) is 0 Å². The number of rotatable bonds is 3. The van der Waals surface area contributed by atoms with Crippen molar-refractivity contribution >= 4 is 11.0 Å². The topological polar surface area (TPSA) is 56.9 Å². The molecule has 0 spiro atoms. The van der Waals surface area contributed by atoms with Crippen molar-refractivity contribution in [1.29, 1.82) is 0 Å². The van der Waals surface area contributed by atoms with Gasteiger partial charge in [0.15, 0.2) is 0 Å². The summed E-state index contributed by atoms with van der Waals surface area (Å²) < 4.78 is 5.92. The third-order valence-electron chi connectivity index (χ3n) is 9.19. The third kappa shape index (κ3) is 3.72. The van der Waals surface area contributed by atoms with Crippen LogP contribution in [0.2, 0.25) is 0 Å². The summed E-state index contributed by atoms with van der Waals surface area (Å²) in [5, 5.41) is 11.8. The van der Waals surface area contributed by atoms with Crippen LogP contribution in [0.4, 0.5) is 0 Å². The van der Waals surface area contributed by atoms with E-state index < -0.39 is 0 Å². The molecule has 0 saturated carbocycles. The molecule has 4 heterocycles. The smallest absolute Gasteiger partial charge is 0.344 e. The van der Waals surface area contributed by atoms with Crippen molar-refractivity contribution in [3.8, 4) is 16.9 Å². The van der Waals surface area contributed by atoms with Gasteiger partial charge < -0.3 is 9.52 Å². The van der Waals surface area contributed by atoms with Crippen LogP contribution in [0.3, 0.4) is 0 Å². The molecule has 3 aromatic rings. The highest BCUT2D eigenvalue weighted by molar-refractivity contribution is 5.85. The van der Waals surface area contributed by atoms with Gasteiger partial charge in [0.05, 0.1) is 11.1 Å². The van der Waals surface area contributed by atoms with E-state index in [2.05, 4.69) is 15.9 Å². The van der Waals surface area contributed by atoms with Gasteiger partial charge in [0.2, 0.25) is 0 Å². The van der Waals surface area contributed by atoms with Gasteiger partial charge in [0.1, 0.15) is 11.3 Å². The molecule has 7 rings (SSSR count). The first kappa shape index (κ1) is 22.3. The molecule has 1 N–H and O–H groups in total. The molecule has 1 aromatic heterocycles. The Morgan fingerprint density at radius 2 is 1.92 bits per heavy atom. The number of fused-ring (bicyclic) bond motifs is 7. The molecule has 3 saturated heterocycles. The Balaban J connectivity index is 1.24. The lowest BCUT2D eigenvalue weighted by atomic mass is 9.68. The minimum absolute atomic E-state index is 0.211. The highest BCUT2D eigenvalue weighted by Crippen LogP contribution is 2.45. The van der Waals surface area contributed by atoms with E-state index in [0.29, 0.717) is 35.6 Å². The molecule has 4 unspecified atom stereocenters. The quantitative estimate of drug-likeness (QED) is 0.391. The van der Waals surface area contributed by atoms with Crippen LogP contribution in [0.5, 0.6) is 5.75 Å². The predicted molar refractivity (Wildman–Crippen MR) is 142 cm³/mol. The summed E-state index contributed by atoms with van der Waals surface area (Å²) >= 11 is 0. The average molecular weight is 483 g/mol. The third-order valence-corrected chi connectivity index (χ3v) is 9.19. The molecule has 2 aromatic carbocycles. The van der Waals surface area contributed by atoms with E-state index in [1.165, 1.54) is 45.2 Å². The molecular formula is C31H34N2O3. The second kappa shape index (κ2) is 8.89. The van der Waals surface area contributed by atoms with E-state index in [9.17, 15) is 9.90 Å². The standard InChI is InChI=1S/C31H34N2O3/c34-28-12-11-22-17-25(20-7-2-1-3-8-20)31(35)36-30(22)26(28)19-33-14-6-9-21-15-23-16-24(29(21)33)18-32-13-5-4-10-27(23)32/h1-3,7-8,11-12,15,17,23-24,27,29,34H,4-6,9-10,13-14,16,18-19H2. The van der Waals surface area contributed by atoms with Crippen molar-refractivity contribution in [1.82, 2.24) is 9.80 Å². The second-order valence-electron chi connectivity index (χ2n) is 11.3. The number of hydrogen-bond acceptors (Lipinski definition) is 5. The summed E-state index contributed by atoms with van der Waals surface area (Å²) in [4.78, 5) is 18.3. The molecule has 1 aliphatic carbocycles. The van der Waals surface area contributed by atoms with Crippen molar-refractivity contribution in [2.24, 2.45) is 11.8 Å². The van der Waals surface area contributed by atoms with Crippen LogP contribution in [0.25, 0.3) is 22.1 Å². The van der Waals surface area contributed by atoms with Gasteiger partial charge in [-0.1, -0.05) is 48.4 Å². The first-order valence-electron chi connectivity index (χ1n) is 13.7. The van der Waals surface area contributed by atoms with Gasteiger partial charge >= 0.3 is 5.63 Å². The Bertz CT molecular complexity index is 1380. The largest absolute Gasteiger partial charge is 0.507 e. The SMILES string of the molecule is O=c1oc2c(CN3CCCC4=CC5CC(CN6CCCCC56)C43)c(O)ccc2cc1-c1ccccc1. The summed E-state index contributed by atoms with van der Waals surface area (Å²) in [7, 11) is 0. The minimum Gasteiger partial charge on any atom is -0.507 e. The molecule has 0 amide bonds. The van der Waals surface area contributed by atoms with E-state index in [1.54, 1.807) is 11.6 Å². The van der Waals surface area contributed by atoms with E-state index in [-0.39, 0.29) is 11.4 Å². The van der Waals surface area contributed by atoms with Crippen molar-refractivity contribution in [2.75, 3.05) is 19.6 Å². The van der Waals surface area contributed by atoms with Crippen LogP contribution >= 0.6 is 0 Å². The van der Waals surface area contributed by atoms with Crippen molar-refractivity contribution in [3.05, 3.63) is 76.2 Å². The average Bonchev–Trinajstić information content (AvgIpc) is 2.91. The number of benzene rings is 2. The number of phenolic OH excluding ortho intramolecular Hbond substituents is 1. The molecule has 186 valence electrons.